The third-order valence-corrected chi connectivity index (χ3v) is 3.43. The van der Waals surface area contributed by atoms with E-state index in [2.05, 4.69) is 9.97 Å². The summed E-state index contributed by atoms with van der Waals surface area (Å²) in [5, 5.41) is 20.0. The van der Waals surface area contributed by atoms with Crippen LogP contribution in [-0.4, -0.2) is 14.9 Å². The molecule has 1 aromatic carbocycles. The summed E-state index contributed by atoms with van der Waals surface area (Å²) in [6.45, 7) is 1.69. The van der Waals surface area contributed by atoms with E-state index in [1.807, 2.05) is 28.7 Å². The molecule has 9 heteroatoms. The Bertz CT molecular complexity index is 776. The predicted octanol–water partition coefficient (Wildman–Crippen LogP) is 3.62. The van der Waals surface area contributed by atoms with E-state index in [1.165, 1.54) is 12.3 Å². The predicted molar refractivity (Wildman–Crippen MR) is 82.4 cm³/mol. The number of benzene rings is 1. The number of aromatic nitrogens is 2. The number of nitrogens with zero attached hydrogens (tertiary/aromatic N) is 4. The van der Waals surface area contributed by atoms with E-state index in [1.54, 1.807) is 6.92 Å². The molecule has 21 heavy (non-hydrogen) atoms. The first-order chi connectivity index (χ1) is 9.92. The fraction of sp³-hybridized carbons (Fsp3) is 0.0833. The Kier molecular flexibility index (Phi) is 4.54. The van der Waals surface area contributed by atoms with Gasteiger partial charge in [-0.05, 0) is 47.2 Å². The molecule has 0 aliphatic heterocycles. The first kappa shape index (κ1) is 15.4. The van der Waals surface area contributed by atoms with Crippen molar-refractivity contribution in [2.75, 3.05) is 0 Å². The second-order valence-corrected chi connectivity index (χ2v) is 5.40. The summed E-state index contributed by atoms with van der Waals surface area (Å²) in [5.74, 6) is 0.137. The lowest BCUT2D eigenvalue weighted by molar-refractivity contribution is -0.385. The van der Waals surface area contributed by atoms with Crippen LogP contribution in [0.5, 0.6) is 11.6 Å². The van der Waals surface area contributed by atoms with Crippen molar-refractivity contribution < 1.29 is 9.66 Å². The van der Waals surface area contributed by atoms with E-state index in [0.717, 1.165) is 6.07 Å². The Morgan fingerprint density at radius 3 is 2.86 bits per heavy atom. The number of ether oxygens (including phenoxy) is 1. The zero-order chi connectivity index (χ0) is 15.6. The Labute approximate surface area is 137 Å². The molecule has 1 aromatic heterocycles. The maximum absolute atomic E-state index is 11.1. The fourth-order valence-electron chi connectivity index (χ4n) is 1.49. The van der Waals surface area contributed by atoms with Crippen molar-refractivity contribution in [3.8, 4) is 17.7 Å². The minimum Gasteiger partial charge on any atom is -0.430 e. The van der Waals surface area contributed by atoms with Gasteiger partial charge in [-0.15, -0.1) is 0 Å². The van der Waals surface area contributed by atoms with Crippen molar-refractivity contribution in [2.45, 2.75) is 6.92 Å². The van der Waals surface area contributed by atoms with Gasteiger partial charge in [-0.25, -0.2) is 4.98 Å². The van der Waals surface area contributed by atoms with E-state index in [-0.39, 0.29) is 28.2 Å². The van der Waals surface area contributed by atoms with Crippen molar-refractivity contribution in [1.29, 1.82) is 5.26 Å². The van der Waals surface area contributed by atoms with Crippen LogP contribution in [0.2, 0.25) is 5.28 Å². The number of nitriles is 1. The molecule has 0 unspecified atom stereocenters. The maximum atomic E-state index is 11.1. The van der Waals surface area contributed by atoms with Crippen molar-refractivity contribution >= 4 is 39.9 Å². The SMILES string of the molecule is Cc1cnc(Cl)nc1Oc1c(I)cc(C#N)cc1[N+](=O)[O-]. The molecule has 1 heterocycles. The number of aryl methyl sites for hydroxylation is 1. The van der Waals surface area contributed by atoms with Crippen LogP contribution in [-0.2, 0) is 0 Å². The van der Waals surface area contributed by atoms with Gasteiger partial charge in [-0.1, -0.05) is 0 Å². The molecule has 0 amide bonds. The first-order valence-electron chi connectivity index (χ1n) is 5.47. The van der Waals surface area contributed by atoms with Crippen LogP contribution in [0.15, 0.2) is 18.3 Å². The van der Waals surface area contributed by atoms with Gasteiger partial charge >= 0.3 is 5.69 Å². The lowest BCUT2D eigenvalue weighted by Crippen LogP contribution is -2.00. The highest BCUT2D eigenvalue weighted by atomic mass is 127. The zero-order valence-corrected chi connectivity index (χ0v) is 13.4. The topological polar surface area (TPSA) is 102 Å². The summed E-state index contributed by atoms with van der Waals surface area (Å²) in [7, 11) is 0. The van der Waals surface area contributed by atoms with Crippen molar-refractivity contribution in [2.24, 2.45) is 0 Å². The molecular weight excluding hydrogens is 411 g/mol. The van der Waals surface area contributed by atoms with Crippen LogP contribution in [0.4, 0.5) is 5.69 Å². The quantitative estimate of drug-likeness (QED) is 0.328. The lowest BCUT2D eigenvalue weighted by Gasteiger charge is -2.09. The average molecular weight is 417 g/mol. The molecule has 106 valence electrons. The van der Waals surface area contributed by atoms with Crippen LogP contribution in [0.1, 0.15) is 11.1 Å². The van der Waals surface area contributed by atoms with Gasteiger partial charge in [0.05, 0.1) is 20.1 Å². The highest BCUT2D eigenvalue weighted by molar-refractivity contribution is 14.1. The van der Waals surface area contributed by atoms with E-state index in [0.29, 0.717) is 9.13 Å². The lowest BCUT2D eigenvalue weighted by atomic mass is 10.2. The standard InChI is InChI=1S/C12H6ClIN4O3/c1-6-5-16-12(13)17-11(6)21-10-8(14)2-7(4-15)3-9(10)18(19)20/h2-3,5H,1H3. The van der Waals surface area contributed by atoms with E-state index < -0.39 is 4.92 Å². The van der Waals surface area contributed by atoms with Gasteiger partial charge in [-0.3, -0.25) is 10.1 Å². The molecule has 7 nitrogen and oxygen atoms in total. The molecule has 2 aromatic rings. The zero-order valence-electron chi connectivity index (χ0n) is 10.5. The summed E-state index contributed by atoms with van der Waals surface area (Å²) in [4.78, 5) is 18.2. The van der Waals surface area contributed by atoms with E-state index in [9.17, 15) is 10.1 Å². The first-order valence-corrected chi connectivity index (χ1v) is 6.93. The second kappa shape index (κ2) is 6.19. The monoisotopic (exact) mass is 416 g/mol. The molecule has 2 rings (SSSR count). The highest BCUT2D eigenvalue weighted by Crippen LogP contribution is 2.37. The minimum atomic E-state index is -0.615. The van der Waals surface area contributed by atoms with Crippen molar-refractivity contribution in [1.82, 2.24) is 9.97 Å². The summed E-state index contributed by atoms with van der Waals surface area (Å²) < 4.78 is 5.94. The summed E-state index contributed by atoms with van der Waals surface area (Å²) >= 11 is 7.55. The van der Waals surface area contributed by atoms with Crippen LogP contribution in [0.3, 0.4) is 0 Å². The van der Waals surface area contributed by atoms with Gasteiger partial charge in [0.15, 0.2) is 0 Å². The van der Waals surface area contributed by atoms with Crippen LogP contribution >= 0.6 is 34.2 Å². The van der Waals surface area contributed by atoms with Gasteiger partial charge in [0.1, 0.15) is 0 Å². The normalized spacial score (nSPS) is 10.0. The number of hydrogen-bond acceptors (Lipinski definition) is 6. The third kappa shape index (κ3) is 3.37. The Morgan fingerprint density at radius 1 is 1.52 bits per heavy atom. The molecule has 0 bridgehead atoms. The third-order valence-electron chi connectivity index (χ3n) is 2.44. The molecule has 0 radical (unpaired) electrons. The number of nitro groups is 1. The smallest absolute Gasteiger partial charge is 0.314 e. The van der Waals surface area contributed by atoms with Crippen molar-refractivity contribution in [3.05, 3.63) is 48.4 Å². The number of halogens is 2. The summed E-state index contributed by atoms with van der Waals surface area (Å²) in [6, 6.07) is 4.50. The Hall–Kier alpha value is -1.99. The van der Waals surface area contributed by atoms with Crippen molar-refractivity contribution in [3.63, 3.8) is 0 Å². The second-order valence-electron chi connectivity index (χ2n) is 3.90. The Morgan fingerprint density at radius 2 is 2.24 bits per heavy atom. The van der Waals surface area contributed by atoms with Crippen LogP contribution < -0.4 is 4.74 Å². The largest absolute Gasteiger partial charge is 0.430 e. The number of nitro benzene ring substituents is 1. The highest BCUT2D eigenvalue weighted by Gasteiger charge is 2.22. The van der Waals surface area contributed by atoms with Crippen LogP contribution in [0, 0.1) is 31.9 Å². The minimum absolute atomic E-state index is 0.0115. The summed E-state index contributed by atoms with van der Waals surface area (Å²) in [5.41, 5.74) is 0.442. The van der Waals surface area contributed by atoms with Gasteiger partial charge in [0.25, 0.3) is 0 Å². The maximum Gasteiger partial charge on any atom is 0.314 e. The molecule has 0 spiro atoms. The van der Waals surface area contributed by atoms with E-state index in [4.69, 9.17) is 21.6 Å². The molecule has 0 saturated heterocycles. The molecule has 0 aliphatic rings. The average Bonchev–Trinajstić information content (AvgIpc) is 2.44. The number of hydrogen-bond donors (Lipinski definition) is 0. The summed E-state index contributed by atoms with van der Waals surface area (Å²) in [6.07, 6.45) is 1.45. The van der Waals surface area contributed by atoms with Gasteiger partial charge in [0.2, 0.25) is 16.9 Å². The van der Waals surface area contributed by atoms with Crippen LogP contribution in [0.25, 0.3) is 0 Å². The molecular formula is C12H6ClIN4O3. The Balaban J connectivity index is 2.56. The molecule has 0 N–H and O–H groups in total. The number of rotatable bonds is 3. The van der Waals surface area contributed by atoms with Gasteiger partial charge in [0, 0.05) is 17.8 Å². The van der Waals surface area contributed by atoms with Gasteiger partial charge < -0.3 is 4.74 Å². The van der Waals surface area contributed by atoms with E-state index >= 15 is 0 Å². The van der Waals surface area contributed by atoms with Gasteiger partial charge in [-0.2, -0.15) is 10.2 Å². The molecule has 0 fully saturated rings. The molecule has 0 aliphatic carbocycles. The fourth-order valence-corrected chi connectivity index (χ4v) is 2.33. The molecule has 0 atom stereocenters. The molecule has 0 saturated carbocycles.